The summed E-state index contributed by atoms with van der Waals surface area (Å²) in [6.45, 7) is 4.49. The molecular formula is C28H26ClN7O2. The summed E-state index contributed by atoms with van der Waals surface area (Å²) in [4.78, 5) is 22.7. The molecule has 0 unspecified atom stereocenters. The molecule has 10 heteroatoms. The van der Waals surface area contributed by atoms with Gasteiger partial charge in [0.2, 0.25) is 18.2 Å². The summed E-state index contributed by atoms with van der Waals surface area (Å²) in [5, 5.41) is 15.5. The SMILES string of the molecule is CCn1c(=O)c(-c2ccc(-c3nnco3)cc2Cl)cc2cnc(Nc3ccc(C4CCNCC4)cc3)nc21. The second-order valence-electron chi connectivity index (χ2n) is 9.29. The van der Waals surface area contributed by atoms with Gasteiger partial charge in [0.1, 0.15) is 5.65 Å². The quantitative estimate of drug-likeness (QED) is 0.302. The number of pyridine rings is 1. The van der Waals surface area contributed by atoms with Crippen molar-refractivity contribution in [2.45, 2.75) is 32.2 Å². The number of aromatic nitrogens is 5. The standard InChI is InChI=1S/C28H26ClN7O2/c1-2-36-25-20(13-23(27(36)37)22-8-5-19(14-24(22)29)26-35-32-16-38-26)15-31-28(34-25)33-21-6-3-17(4-7-21)18-9-11-30-12-10-18/h3-8,13-16,18,30H,2,9-12H2,1H3,(H,31,33,34). The lowest BCUT2D eigenvalue weighted by molar-refractivity contribution is 0.460. The molecule has 6 rings (SSSR count). The minimum absolute atomic E-state index is 0.177. The van der Waals surface area contributed by atoms with Crippen LogP contribution in [0.2, 0.25) is 5.02 Å². The highest BCUT2D eigenvalue weighted by Crippen LogP contribution is 2.32. The molecule has 2 aromatic carbocycles. The lowest BCUT2D eigenvalue weighted by Gasteiger charge is -2.23. The van der Waals surface area contributed by atoms with E-state index in [0.29, 0.717) is 51.7 Å². The van der Waals surface area contributed by atoms with Crippen LogP contribution in [0, 0.1) is 0 Å². The predicted octanol–water partition coefficient (Wildman–Crippen LogP) is 5.39. The Morgan fingerprint density at radius 1 is 1.11 bits per heavy atom. The number of piperidine rings is 1. The summed E-state index contributed by atoms with van der Waals surface area (Å²) < 4.78 is 6.89. The zero-order valence-electron chi connectivity index (χ0n) is 20.8. The lowest BCUT2D eigenvalue weighted by Crippen LogP contribution is -2.26. The van der Waals surface area contributed by atoms with Crippen molar-refractivity contribution in [3.05, 3.63) is 82.1 Å². The minimum atomic E-state index is -0.177. The number of nitrogens with zero attached hydrogens (tertiary/aromatic N) is 5. The van der Waals surface area contributed by atoms with Gasteiger partial charge in [0.15, 0.2) is 0 Å². The Hall–Kier alpha value is -4.08. The summed E-state index contributed by atoms with van der Waals surface area (Å²) in [6, 6.07) is 15.5. The highest BCUT2D eigenvalue weighted by Gasteiger charge is 2.17. The first-order valence-electron chi connectivity index (χ1n) is 12.7. The molecule has 0 amide bonds. The molecule has 192 valence electrons. The number of aryl methyl sites for hydroxylation is 1. The first-order chi connectivity index (χ1) is 18.6. The fourth-order valence-corrected chi connectivity index (χ4v) is 5.28. The monoisotopic (exact) mass is 527 g/mol. The molecule has 3 aromatic heterocycles. The van der Waals surface area contributed by atoms with E-state index in [1.54, 1.807) is 35.0 Å². The number of rotatable bonds is 6. The molecule has 1 aliphatic heterocycles. The smallest absolute Gasteiger partial charge is 0.260 e. The van der Waals surface area contributed by atoms with Crippen molar-refractivity contribution in [2.24, 2.45) is 0 Å². The largest absolute Gasteiger partial charge is 0.423 e. The zero-order chi connectivity index (χ0) is 26.1. The number of fused-ring (bicyclic) bond motifs is 1. The fourth-order valence-electron chi connectivity index (χ4n) is 4.99. The predicted molar refractivity (Wildman–Crippen MR) is 148 cm³/mol. The van der Waals surface area contributed by atoms with Gasteiger partial charge in [-0.2, -0.15) is 4.98 Å². The van der Waals surface area contributed by atoms with Gasteiger partial charge in [0.05, 0.1) is 0 Å². The molecular weight excluding hydrogens is 502 g/mol. The average Bonchev–Trinajstić information content (AvgIpc) is 3.49. The second-order valence-corrected chi connectivity index (χ2v) is 9.70. The van der Waals surface area contributed by atoms with E-state index in [9.17, 15) is 4.79 Å². The van der Waals surface area contributed by atoms with E-state index in [1.807, 2.05) is 6.92 Å². The average molecular weight is 528 g/mol. The van der Waals surface area contributed by atoms with Gasteiger partial charge in [0, 0.05) is 45.5 Å². The molecule has 1 aliphatic rings. The van der Waals surface area contributed by atoms with Crippen LogP contribution < -0.4 is 16.2 Å². The molecule has 38 heavy (non-hydrogen) atoms. The number of hydrogen-bond donors (Lipinski definition) is 2. The summed E-state index contributed by atoms with van der Waals surface area (Å²) >= 11 is 6.59. The molecule has 5 aromatic rings. The summed E-state index contributed by atoms with van der Waals surface area (Å²) in [6.07, 6.45) is 5.30. The van der Waals surface area contributed by atoms with Crippen LogP contribution >= 0.6 is 11.6 Å². The minimum Gasteiger partial charge on any atom is -0.423 e. The van der Waals surface area contributed by atoms with Gasteiger partial charge in [-0.1, -0.05) is 29.8 Å². The van der Waals surface area contributed by atoms with Crippen molar-refractivity contribution in [3.63, 3.8) is 0 Å². The van der Waals surface area contributed by atoms with Crippen LogP contribution in [-0.4, -0.2) is 37.8 Å². The van der Waals surface area contributed by atoms with E-state index in [0.717, 1.165) is 37.0 Å². The molecule has 0 bridgehead atoms. The Morgan fingerprint density at radius 2 is 1.92 bits per heavy atom. The highest BCUT2D eigenvalue weighted by molar-refractivity contribution is 6.33. The van der Waals surface area contributed by atoms with Gasteiger partial charge in [-0.15, -0.1) is 10.2 Å². The first-order valence-corrected chi connectivity index (χ1v) is 13.0. The van der Waals surface area contributed by atoms with E-state index < -0.39 is 0 Å². The van der Waals surface area contributed by atoms with Crippen LogP contribution in [0.25, 0.3) is 33.6 Å². The Morgan fingerprint density at radius 3 is 2.63 bits per heavy atom. The maximum absolute atomic E-state index is 13.5. The van der Waals surface area contributed by atoms with E-state index in [-0.39, 0.29) is 5.56 Å². The lowest BCUT2D eigenvalue weighted by atomic mass is 9.90. The molecule has 0 atom stereocenters. The van der Waals surface area contributed by atoms with Gasteiger partial charge in [-0.25, -0.2) is 4.98 Å². The Bertz CT molecular complexity index is 1640. The van der Waals surface area contributed by atoms with Crippen LogP contribution in [0.1, 0.15) is 31.2 Å². The maximum Gasteiger partial charge on any atom is 0.260 e. The third kappa shape index (κ3) is 4.66. The molecule has 1 saturated heterocycles. The molecule has 0 radical (unpaired) electrons. The van der Waals surface area contributed by atoms with Crippen molar-refractivity contribution in [1.29, 1.82) is 0 Å². The Balaban J connectivity index is 1.31. The van der Waals surface area contributed by atoms with Crippen molar-refractivity contribution in [2.75, 3.05) is 18.4 Å². The zero-order valence-corrected chi connectivity index (χ0v) is 21.6. The molecule has 4 heterocycles. The van der Waals surface area contributed by atoms with Crippen molar-refractivity contribution < 1.29 is 4.42 Å². The third-order valence-electron chi connectivity index (χ3n) is 6.99. The Kier molecular flexibility index (Phi) is 6.61. The van der Waals surface area contributed by atoms with Gasteiger partial charge in [0.25, 0.3) is 5.56 Å². The first kappa shape index (κ1) is 24.3. The maximum atomic E-state index is 13.5. The van der Waals surface area contributed by atoms with Crippen LogP contribution in [-0.2, 0) is 6.54 Å². The number of anilines is 2. The molecule has 0 spiro atoms. The van der Waals surface area contributed by atoms with Crippen LogP contribution in [0.3, 0.4) is 0 Å². The van der Waals surface area contributed by atoms with Gasteiger partial charge in [-0.3, -0.25) is 9.36 Å². The molecule has 0 saturated carbocycles. The van der Waals surface area contributed by atoms with E-state index in [4.69, 9.17) is 21.0 Å². The third-order valence-corrected chi connectivity index (χ3v) is 7.30. The van der Waals surface area contributed by atoms with Gasteiger partial charge < -0.3 is 15.1 Å². The second kappa shape index (κ2) is 10.4. The molecule has 0 aliphatic carbocycles. The van der Waals surface area contributed by atoms with Crippen LogP contribution in [0.15, 0.2) is 70.3 Å². The summed E-state index contributed by atoms with van der Waals surface area (Å²) in [5.74, 6) is 1.39. The van der Waals surface area contributed by atoms with Crippen molar-refractivity contribution >= 4 is 34.3 Å². The van der Waals surface area contributed by atoms with Crippen molar-refractivity contribution in [3.8, 4) is 22.6 Å². The summed E-state index contributed by atoms with van der Waals surface area (Å²) in [7, 11) is 0. The summed E-state index contributed by atoms with van der Waals surface area (Å²) in [5.41, 5.74) is 4.40. The topological polar surface area (TPSA) is 111 Å². The number of nitrogens with one attached hydrogen (secondary N) is 2. The van der Waals surface area contributed by atoms with Crippen molar-refractivity contribution in [1.82, 2.24) is 30.0 Å². The highest BCUT2D eigenvalue weighted by atomic mass is 35.5. The number of benzene rings is 2. The number of hydrogen-bond acceptors (Lipinski definition) is 8. The van der Waals surface area contributed by atoms with E-state index >= 15 is 0 Å². The van der Waals surface area contributed by atoms with E-state index in [1.165, 1.54) is 12.0 Å². The van der Waals surface area contributed by atoms with E-state index in [2.05, 4.69) is 50.1 Å². The molecule has 9 nitrogen and oxygen atoms in total. The van der Waals surface area contributed by atoms with Gasteiger partial charge >= 0.3 is 0 Å². The fraction of sp³-hybridized carbons (Fsp3) is 0.250. The number of halogens is 1. The Labute approximate surface area is 223 Å². The van der Waals surface area contributed by atoms with Crippen LogP contribution in [0.5, 0.6) is 0 Å². The normalized spacial score (nSPS) is 14.2. The van der Waals surface area contributed by atoms with Gasteiger partial charge in [-0.05, 0) is 74.7 Å². The van der Waals surface area contributed by atoms with Crippen LogP contribution in [0.4, 0.5) is 11.6 Å². The molecule has 2 N–H and O–H groups in total. The molecule has 1 fully saturated rings.